The summed E-state index contributed by atoms with van der Waals surface area (Å²) in [6.45, 7) is 2.46. The Balaban J connectivity index is 1.84. The van der Waals surface area contributed by atoms with E-state index >= 15 is 0 Å². The molecule has 2 aromatic rings. The first kappa shape index (κ1) is 23.3. The van der Waals surface area contributed by atoms with Gasteiger partial charge in [0, 0.05) is 46.2 Å². The van der Waals surface area contributed by atoms with E-state index in [1.54, 1.807) is 29.0 Å². The van der Waals surface area contributed by atoms with E-state index in [9.17, 15) is 14.0 Å². The van der Waals surface area contributed by atoms with Gasteiger partial charge in [-0.3, -0.25) is 4.79 Å². The average molecular weight is 415 g/mol. The van der Waals surface area contributed by atoms with Gasteiger partial charge in [0.05, 0.1) is 0 Å². The van der Waals surface area contributed by atoms with Crippen LogP contribution in [0.3, 0.4) is 0 Å². The van der Waals surface area contributed by atoms with Crippen LogP contribution in [0.1, 0.15) is 17.5 Å². The van der Waals surface area contributed by atoms with Crippen molar-refractivity contribution in [3.63, 3.8) is 0 Å². The third-order valence-corrected chi connectivity index (χ3v) is 4.68. The summed E-state index contributed by atoms with van der Waals surface area (Å²) in [6.07, 6.45) is 0.208. The SMILES string of the molecule is CN(C)CCN(Cc1ccc(F)cc1)C(=O)CCNC(=O)N(C)Cc1ccccc1. The molecule has 0 aromatic heterocycles. The van der Waals surface area contributed by atoms with Gasteiger partial charge in [-0.1, -0.05) is 42.5 Å². The summed E-state index contributed by atoms with van der Waals surface area (Å²) in [5.74, 6) is -0.348. The van der Waals surface area contributed by atoms with Crippen molar-refractivity contribution in [3.05, 3.63) is 71.5 Å². The van der Waals surface area contributed by atoms with Crippen LogP contribution >= 0.6 is 0 Å². The zero-order chi connectivity index (χ0) is 21.9. The minimum Gasteiger partial charge on any atom is -0.337 e. The van der Waals surface area contributed by atoms with Gasteiger partial charge in [0.25, 0.3) is 0 Å². The second kappa shape index (κ2) is 11.9. The number of carbonyl (C=O) groups is 2. The maximum Gasteiger partial charge on any atom is 0.317 e. The normalized spacial score (nSPS) is 10.7. The smallest absolute Gasteiger partial charge is 0.317 e. The lowest BCUT2D eigenvalue weighted by molar-refractivity contribution is -0.131. The third-order valence-electron chi connectivity index (χ3n) is 4.68. The van der Waals surface area contributed by atoms with Gasteiger partial charge in [0.1, 0.15) is 5.82 Å². The molecule has 0 fully saturated rings. The van der Waals surface area contributed by atoms with Crippen LogP contribution in [0.5, 0.6) is 0 Å². The summed E-state index contributed by atoms with van der Waals surface area (Å²) in [5.41, 5.74) is 1.91. The van der Waals surface area contributed by atoms with Crippen LogP contribution in [0.2, 0.25) is 0 Å². The highest BCUT2D eigenvalue weighted by atomic mass is 19.1. The van der Waals surface area contributed by atoms with E-state index in [-0.39, 0.29) is 30.7 Å². The maximum atomic E-state index is 13.2. The Kier molecular flexibility index (Phi) is 9.28. The van der Waals surface area contributed by atoms with Crippen LogP contribution in [-0.2, 0) is 17.9 Å². The molecule has 6 nitrogen and oxygen atoms in total. The number of benzene rings is 2. The highest BCUT2D eigenvalue weighted by molar-refractivity contribution is 5.78. The molecule has 30 heavy (non-hydrogen) atoms. The largest absolute Gasteiger partial charge is 0.337 e. The first-order valence-electron chi connectivity index (χ1n) is 10.0. The molecule has 0 bridgehead atoms. The van der Waals surface area contributed by atoms with E-state index in [0.717, 1.165) is 17.7 Å². The number of likely N-dealkylation sites (N-methyl/N-ethyl adjacent to an activating group) is 1. The lowest BCUT2D eigenvalue weighted by Crippen LogP contribution is -2.40. The summed E-state index contributed by atoms with van der Waals surface area (Å²) < 4.78 is 13.2. The van der Waals surface area contributed by atoms with Gasteiger partial charge in [0.15, 0.2) is 0 Å². The molecule has 162 valence electrons. The molecule has 0 radical (unpaired) electrons. The molecular formula is C23H31FN4O2. The molecule has 0 saturated heterocycles. The summed E-state index contributed by atoms with van der Waals surface area (Å²) in [6, 6.07) is 15.7. The van der Waals surface area contributed by atoms with Crippen molar-refractivity contribution in [2.45, 2.75) is 19.5 Å². The molecule has 3 amide bonds. The van der Waals surface area contributed by atoms with Gasteiger partial charge in [0.2, 0.25) is 5.91 Å². The van der Waals surface area contributed by atoms with Crippen LogP contribution in [0.4, 0.5) is 9.18 Å². The van der Waals surface area contributed by atoms with Gasteiger partial charge in [-0.15, -0.1) is 0 Å². The Labute approximate surface area is 178 Å². The van der Waals surface area contributed by atoms with Crippen LogP contribution in [0.25, 0.3) is 0 Å². The zero-order valence-electron chi connectivity index (χ0n) is 18.0. The van der Waals surface area contributed by atoms with Gasteiger partial charge in [-0.05, 0) is 37.4 Å². The van der Waals surface area contributed by atoms with Crippen molar-refractivity contribution in [2.75, 3.05) is 40.8 Å². The van der Waals surface area contributed by atoms with Crippen molar-refractivity contribution in [3.8, 4) is 0 Å². The van der Waals surface area contributed by atoms with Gasteiger partial charge in [-0.2, -0.15) is 0 Å². The van der Waals surface area contributed by atoms with Crippen molar-refractivity contribution < 1.29 is 14.0 Å². The maximum absolute atomic E-state index is 13.2. The molecule has 7 heteroatoms. The van der Waals surface area contributed by atoms with Gasteiger partial charge < -0.3 is 20.0 Å². The fourth-order valence-electron chi connectivity index (χ4n) is 2.92. The minimum atomic E-state index is -0.299. The van der Waals surface area contributed by atoms with Gasteiger partial charge in [-0.25, -0.2) is 9.18 Å². The predicted octanol–water partition coefficient (Wildman–Crippen LogP) is 2.95. The number of rotatable bonds is 10. The molecular weight excluding hydrogens is 383 g/mol. The third kappa shape index (κ3) is 8.21. The van der Waals surface area contributed by atoms with E-state index in [1.165, 1.54) is 12.1 Å². The highest BCUT2D eigenvalue weighted by Gasteiger charge is 2.15. The van der Waals surface area contributed by atoms with E-state index in [4.69, 9.17) is 0 Å². The summed E-state index contributed by atoms with van der Waals surface area (Å²) in [4.78, 5) is 30.4. The Morgan fingerprint density at radius 2 is 1.50 bits per heavy atom. The molecule has 0 aliphatic rings. The fraction of sp³-hybridized carbons (Fsp3) is 0.391. The second-order valence-electron chi connectivity index (χ2n) is 7.57. The Bertz CT molecular complexity index is 797. The molecule has 0 saturated carbocycles. The Hall–Kier alpha value is -2.93. The first-order valence-corrected chi connectivity index (χ1v) is 10.0. The molecule has 0 spiro atoms. The molecule has 0 heterocycles. The lowest BCUT2D eigenvalue weighted by Gasteiger charge is -2.25. The zero-order valence-corrected chi connectivity index (χ0v) is 18.0. The number of amides is 3. The first-order chi connectivity index (χ1) is 14.3. The Morgan fingerprint density at radius 1 is 0.867 bits per heavy atom. The van der Waals surface area contributed by atoms with Crippen LogP contribution in [0.15, 0.2) is 54.6 Å². The van der Waals surface area contributed by atoms with Gasteiger partial charge >= 0.3 is 6.03 Å². The Morgan fingerprint density at radius 3 is 2.13 bits per heavy atom. The second-order valence-corrected chi connectivity index (χ2v) is 7.57. The number of halogens is 1. The monoisotopic (exact) mass is 414 g/mol. The van der Waals surface area contributed by atoms with E-state index in [2.05, 4.69) is 5.32 Å². The number of nitrogens with one attached hydrogen (secondary N) is 1. The highest BCUT2D eigenvalue weighted by Crippen LogP contribution is 2.08. The van der Waals surface area contributed by atoms with Crippen LogP contribution in [-0.4, -0.2) is 67.4 Å². The molecule has 1 N–H and O–H groups in total. The van der Waals surface area contributed by atoms with Crippen molar-refractivity contribution >= 4 is 11.9 Å². The van der Waals surface area contributed by atoms with E-state index < -0.39 is 0 Å². The molecule has 0 atom stereocenters. The average Bonchev–Trinajstić information content (AvgIpc) is 2.72. The lowest BCUT2D eigenvalue weighted by atomic mass is 10.2. The molecule has 0 aliphatic carbocycles. The predicted molar refractivity (Wildman–Crippen MR) is 116 cm³/mol. The topological polar surface area (TPSA) is 55.9 Å². The number of hydrogen-bond acceptors (Lipinski definition) is 3. The minimum absolute atomic E-state index is 0.0489. The summed E-state index contributed by atoms with van der Waals surface area (Å²) in [7, 11) is 5.62. The number of urea groups is 1. The number of hydrogen-bond donors (Lipinski definition) is 1. The standard InChI is InChI=1S/C23H31FN4O2/c1-26(2)15-16-28(18-20-9-11-21(24)12-10-20)22(29)13-14-25-23(30)27(3)17-19-7-5-4-6-8-19/h4-12H,13-18H2,1-3H3,(H,25,30). The van der Waals surface area contributed by atoms with E-state index in [1.807, 2.05) is 49.3 Å². The van der Waals surface area contributed by atoms with Crippen LogP contribution in [0, 0.1) is 5.82 Å². The molecule has 2 aromatic carbocycles. The quantitative estimate of drug-likeness (QED) is 0.650. The number of carbonyl (C=O) groups excluding carboxylic acids is 2. The molecule has 0 aliphatic heterocycles. The summed E-state index contributed by atoms with van der Waals surface area (Å²) in [5, 5.41) is 2.80. The van der Waals surface area contributed by atoms with Crippen LogP contribution < -0.4 is 5.32 Å². The number of nitrogens with zero attached hydrogens (tertiary/aromatic N) is 3. The molecule has 0 unspecified atom stereocenters. The van der Waals surface area contributed by atoms with Crippen molar-refractivity contribution in [1.29, 1.82) is 0 Å². The van der Waals surface area contributed by atoms with E-state index in [0.29, 0.717) is 19.6 Å². The van der Waals surface area contributed by atoms with Crippen molar-refractivity contribution in [1.82, 2.24) is 20.0 Å². The molecule has 2 rings (SSSR count). The fourth-order valence-corrected chi connectivity index (χ4v) is 2.92. The summed E-state index contributed by atoms with van der Waals surface area (Å²) >= 11 is 0. The van der Waals surface area contributed by atoms with Crippen molar-refractivity contribution in [2.24, 2.45) is 0 Å².